The summed E-state index contributed by atoms with van der Waals surface area (Å²) in [6.07, 6.45) is 4.42. The number of ether oxygens (including phenoxy) is 2. The van der Waals surface area contributed by atoms with E-state index in [4.69, 9.17) is 9.47 Å². The maximum atomic E-state index is 12.3. The highest BCUT2D eigenvalue weighted by atomic mass is 79.9. The summed E-state index contributed by atoms with van der Waals surface area (Å²) in [5, 5.41) is 0. The molecule has 0 saturated carbocycles. The van der Waals surface area contributed by atoms with E-state index in [0.29, 0.717) is 12.2 Å². The van der Waals surface area contributed by atoms with Gasteiger partial charge in [0.1, 0.15) is 5.75 Å². The van der Waals surface area contributed by atoms with Crippen LogP contribution in [0.3, 0.4) is 0 Å². The van der Waals surface area contributed by atoms with E-state index in [1.54, 1.807) is 6.07 Å². The number of fused-ring (bicyclic) bond motifs is 3. The highest BCUT2D eigenvalue weighted by molar-refractivity contribution is 9.10. The van der Waals surface area contributed by atoms with Crippen LogP contribution < -0.4 is 4.74 Å². The molecule has 1 heterocycles. The van der Waals surface area contributed by atoms with Gasteiger partial charge >= 0.3 is 11.9 Å². The van der Waals surface area contributed by atoms with Crippen LogP contribution in [0, 0.1) is 11.8 Å². The zero-order chi connectivity index (χ0) is 14.3. The molecule has 3 rings (SSSR count). The monoisotopic (exact) mass is 336 g/mol. The Morgan fingerprint density at radius 1 is 1.45 bits per heavy atom. The Labute approximate surface area is 124 Å². The molecule has 5 heteroatoms. The number of rotatable bonds is 1. The summed E-state index contributed by atoms with van der Waals surface area (Å²) in [4.78, 5) is 24.1. The Hall–Kier alpha value is -1.62. The van der Waals surface area contributed by atoms with Crippen molar-refractivity contribution in [1.29, 1.82) is 0 Å². The predicted octanol–water partition coefficient (Wildman–Crippen LogP) is 2.82. The molecule has 20 heavy (non-hydrogen) atoms. The first kappa shape index (κ1) is 13.4. The topological polar surface area (TPSA) is 52.6 Å². The van der Waals surface area contributed by atoms with E-state index in [1.807, 2.05) is 24.3 Å². The van der Waals surface area contributed by atoms with Gasteiger partial charge in [-0.05, 0) is 18.6 Å². The van der Waals surface area contributed by atoms with Gasteiger partial charge in [-0.2, -0.15) is 0 Å². The standard InChI is InChI=1S/C15H13BrO4/c1-19-14(17)9-5-2-4-8-12(9)15(18)20-11-7-3-6-10(16)13(8)11/h2-4,6-9,12H,5H2,1H3/t8-,9-,12-/m0/s1. The zero-order valence-electron chi connectivity index (χ0n) is 10.8. The normalized spacial score (nSPS) is 27.3. The second-order valence-electron chi connectivity index (χ2n) is 4.92. The Morgan fingerprint density at radius 3 is 3.00 bits per heavy atom. The molecule has 1 aromatic rings. The van der Waals surface area contributed by atoms with Gasteiger partial charge in [-0.1, -0.05) is 34.1 Å². The van der Waals surface area contributed by atoms with Gasteiger partial charge < -0.3 is 9.47 Å². The van der Waals surface area contributed by atoms with Crippen LogP contribution in [-0.2, 0) is 14.3 Å². The highest BCUT2D eigenvalue weighted by Crippen LogP contribution is 2.48. The SMILES string of the molecule is COC(=O)[C@H]1CC=C[C@@H]2c3c(Br)cccc3OC(=O)[C@H]12. The second kappa shape index (κ2) is 5.05. The van der Waals surface area contributed by atoms with Crippen molar-refractivity contribution in [3.8, 4) is 5.75 Å². The number of benzene rings is 1. The Bertz CT molecular complexity index is 608. The summed E-state index contributed by atoms with van der Waals surface area (Å²) in [5.41, 5.74) is 0.918. The molecular weight excluding hydrogens is 324 g/mol. The number of carbonyl (C=O) groups excluding carboxylic acids is 2. The number of halogens is 1. The Balaban J connectivity index is 2.10. The van der Waals surface area contributed by atoms with Crippen LogP contribution in [0.4, 0.5) is 0 Å². The van der Waals surface area contributed by atoms with E-state index in [2.05, 4.69) is 15.9 Å². The summed E-state index contributed by atoms with van der Waals surface area (Å²) < 4.78 is 11.1. The lowest BCUT2D eigenvalue weighted by atomic mass is 9.71. The van der Waals surface area contributed by atoms with E-state index in [-0.39, 0.29) is 17.9 Å². The average molecular weight is 337 g/mol. The molecule has 104 valence electrons. The molecule has 0 N–H and O–H groups in total. The number of esters is 2. The molecule has 0 radical (unpaired) electrons. The van der Waals surface area contributed by atoms with Crippen molar-refractivity contribution in [2.45, 2.75) is 12.3 Å². The van der Waals surface area contributed by atoms with Crippen LogP contribution >= 0.6 is 15.9 Å². The molecule has 2 aliphatic rings. The van der Waals surface area contributed by atoms with Crippen LogP contribution in [0.5, 0.6) is 5.75 Å². The van der Waals surface area contributed by atoms with Crippen molar-refractivity contribution in [2.24, 2.45) is 11.8 Å². The van der Waals surface area contributed by atoms with Crippen molar-refractivity contribution < 1.29 is 19.1 Å². The zero-order valence-corrected chi connectivity index (χ0v) is 12.4. The van der Waals surface area contributed by atoms with Gasteiger partial charge in [-0.25, -0.2) is 0 Å². The molecule has 0 spiro atoms. The summed E-state index contributed by atoms with van der Waals surface area (Å²) in [5.74, 6) is -1.32. The van der Waals surface area contributed by atoms with Gasteiger partial charge in [0.25, 0.3) is 0 Å². The molecule has 1 aromatic carbocycles. The highest BCUT2D eigenvalue weighted by Gasteiger charge is 2.46. The molecular formula is C15H13BrO4. The molecule has 0 amide bonds. The van der Waals surface area contributed by atoms with Gasteiger partial charge in [0.2, 0.25) is 0 Å². The smallest absolute Gasteiger partial charge is 0.316 e. The van der Waals surface area contributed by atoms with Gasteiger partial charge in [-0.15, -0.1) is 0 Å². The summed E-state index contributed by atoms with van der Waals surface area (Å²) in [6, 6.07) is 5.50. The molecule has 1 aliphatic heterocycles. The second-order valence-corrected chi connectivity index (χ2v) is 5.77. The van der Waals surface area contributed by atoms with E-state index in [0.717, 1.165) is 10.0 Å². The minimum atomic E-state index is -0.515. The summed E-state index contributed by atoms with van der Waals surface area (Å²) in [7, 11) is 1.34. The van der Waals surface area contributed by atoms with E-state index >= 15 is 0 Å². The van der Waals surface area contributed by atoms with Gasteiger partial charge in [0.15, 0.2) is 0 Å². The molecule has 1 aliphatic carbocycles. The lowest BCUT2D eigenvalue weighted by Gasteiger charge is -2.36. The molecule has 0 aromatic heterocycles. The number of allylic oxidation sites excluding steroid dienone is 2. The number of hydrogen-bond donors (Lipinski definition) is 0. The fraction of sp³-hybridized carbons (Fsp3) is 0.333. The minimum Gasteiger partial charge on any atom is -0.469 e. The molecule has 0 unspecified atom stereocenters. The third kappa shape index (κ3) is 1.97. The van der Waals surface area contributed by atoms with Crippen LogP contribution in [-0.4, -0.2) is 19.0 Å². The van der Waals surface area contributed by atoms with Crippen LogP contribution in [0.15, 0.2) is 34.8 Å². The van der Waals surface area contributed by atoms with Gasteiger partial charge in [0.05, 0.1) is 18.9 Å². The van der Waals surface area contributed by atoms with Gasteiger partial charge in [0, 0.05) is 16.0 Å². The molecule has 4 nitrogen and oxygen atoms in total. The van der Waals surface area contributed by atoms with E-state index in [1.165, 1.54) is 7.11 Å². The van der Waals surface area contributed by atoms with Gasteiger partial charge in [-0.3, -0.25) is 9.59 Å². The fourth-order valence-electron chi connectivity index (χ4n) is 2.98. The third-order valence-electron chi connectivity index (χ3n) is 3.89. The predicted molar refractivity (Wildman–Crippen MR) is 75.3 cm³/mol. The van der Waals surface area contributed by atoms with Crippen molar-refractivity contribution in [1.82, 2.24) is 0 Å². The van der Waals surface area contributed by atoms with Crippen LogP contribution in [0.1, 0.15) is 17.9 Å². The summed E-state index contributed by atoms with van der Waals surface area (Å²) in [6.45, 7) is 0. The van der Waals surface area contributed by atoms with E-state index < -0.39 is 11.8 Å². The summed E-state index contributed by atoms with van der Waals surface area (Å²) >= 11 is 3.50. The minimum absolute atomic E-state index is 0.153. The van der Waals surface area contributed by atoms with Crippen LogP contribution in [0.25, 0.3) is 0 Å². The number of hydrogen-bond acceptors (Lipinski definition) is 4. The molecule has 0 bridgehead atoms. The maximum Gasteiger partial charge on any atom is 0.316 e. The maximum absolute atomic E-state index is 12.3. The third-order valence-corrected chi connectivity index (χ3v) is 4.58. The Morgan fingerprint density at radius 2 is 2.25 bits per heavy atom. The van der Waals surface area contributed by atoms with Crippen LogP contribution in [0.2, 0.25) is 0 Å². The molecule has 0 fully saturated rings. The fourth-order valence-corrected chi connectivity index (χ4v) is 3.59. The van der Waals surface area contributed by atoms with Crippen molar-refractivity contribution >= 4 is 27.9 Å². The van der Waals surface area contributed by atoms with Crippen molar-refractivity contribution in [2.75, 3.05) is 7.11 Å². The quantitative estimate of drug-likeness (QED) is 0.449. The first-order valence-electron chi connectivity index (χ1n) is 6.38. The molecule has 0 saturated heterocycles. The first-order chi connectivity index (χ1) is 9.63. The van der Waals surface area contributed by atoms with E-state index in [9.17, 15) is 9.59 Å². The number of carbonyl (C=O) groups is 2. The average Bonchev–Trinajstić information content (AvgIpc) is 2.46. The molecule has 3 atom stereocenters. The number of methoxy groups -OCH3 is 1. The van der Waals surface area contributed by atoms with Crippen molar-refractivity contribution in [3.63, 3.8) is 0 Å². The lowest BCUT2D eigenvalue weighted by Crippen LogP contribution is -2.41. The Kier molecular flexibility index (Phi) is 3.38. The lowest BCUT2D eigenvalue weighted by molar-refractivity contribution is -0.156. The largest absolute Gasteiger partial charge is 0.469 e. The first-order valence-corrected chi connectivity index (χ1v) is 7.17. The van der Waals surface area contributed by atoms with Crippen molar-refractivity contribution in [3.05, 3.63) is 40.4 Å².